The lowest BCUT2D eigenvalue weighted by Gasteiger charge is -2.29. The van der Waals surface area contributed by atoms with Crippen LogP contribution in [0.1, 0.15) is 57.6 Å². The number of unbranched alkanes of at least 4 members (excludes halogenated alkanes) is 3. The summed E-state index contributed by atoms with van der Waals surface area (Å²) in [7, 11) is 0. The van der Waals surface area contributed by atoms with Crippen molar-refractivity contribution >= 4 is 11.5 Å². The van der Waals surface area contributed by atoms with Crippen molar-refractivity contribution in [2.75, 3.05) is 29.9 Å². The van der Waals surface area contributed by atoms with Crippen LogP contribution >= 0.6 is 0 Å². The molecule has 0 aromatic carbocycles. The standard InChI is InChI=1S/C17H29N3O/c1-3-4-5-7-10-18-17-14-16(13-15(2)20(17)21)19-11-8-6-9-12-19/h13-14,18H,3-12H2,1-2H3. The van der Waals surface area contributed by atoms with E-state index < -0.39 is 0 Å². The summed E-state index contributed by atoms with van der Waals surface area (Å²) in [6.45, 7) is 7.20. The smallest absolute Gasteiger partial charge is 0.279 e. The van der Waals surface area contributed by atoms with E-state index in [2.05, 4.69) is 17.1 Å². The molecule has 4 heteroatoms. The molecular weight excluding hydrogens is 262 g/mol. The highest BCUT2D eigenvalue weighted by atomic mass is 16.5. The highest BCUT2D eigenvalue weighted by Crippen LogP contribution is 2.22. The second kappa shape index (κ2) is 8.11. The monoisotopic (exact) mass is 291 g/mol. The van der Waals surface area contributed by atoms with E-state index in [0.29, 0.717) is 5.82 Å². The molecule has 1 N–H and O–H groups in total. The summed E-state index contributed by atoms with van der Waals surface area (Å²) in [5.41, 5.74) is 1.96. The minimum Gasteiger partial charge on any atom is -0.710 e. The summed E-state index contributed by atoms with van der Waals surface area (Å²) in [5.74, 6) is 0.701. The highest BCUT2D eigenvalue weighted by Gasteiger charge is 2.15. The number of hydrogen-bond acceptors (Lipinski definition) is 3. The molecule has 1 aromatic heterocycles. The van der Waals surface area contributed by atoms with Gasteiger partial charge in [0.25, 0.3) is 5.82 Å². The van der Waals surface area contributed by atoms with Crippen LogP contribution in [0.5, 0.6) is 0 Å². The van der Waals surface area contributed by atoms with Crippen LogP contribution in [0.2, 0.25) is 0 Å². The molecular formula is C17H29N3O. The van der Waals surface area contributed by atoms with Gasteiger partial charge in [0.1, 0.15) is 5.69 Å². The Labute approximate surface area is 128 Å². The molecule has 1 saturated heterocycles. The van der Waals surface area contributed by atoms with E-state index in [1.165, 1.54) is 44.2 Å². The maximum Gasteiger partial charge on any atom is 0.279 e. The number of aromatic nitrogens is 1. The molecule has 0 atom stereocenters. The van der Waals surface area contributed by atoms with Gasteiger partial charge in [0.2, 0.25) is 0 Å². The van der Waals surface area contributed by atoms with E-state index in [1.807, 2.05) is 19.1 Å². The van der Waals surface area contributed by atoms with Crippen LogP contribution in [-0.2, 0) is 0 Å². The molecule has 0 aliphatic carbocycles. The lowest BCUT2D eigenvalue weighted by Crippen LogP contribution is -2.36. The Balaban J connectivity index is 2.00. The molecule has 0 bridgehead atoms. The van der Waals surface area contributed by atoms with E-state index >= 15 is 0 Å². The number of anilines is 2. The SMILES string of the molecule is CCCCCCNc1cc(N2CCCCC2)cc(C)[n+]1[O-]. The maximum atomic E-state index is 12.2. The van der Waals surface area contributed by atoms with Crippen molar-refractivity contribution in [2.24, 2.45) is 0 Å². The number of rotatable bonds is 7. The summed E-state index contributed by atoms with van der Waals surface area (Å²) in [5, 5.41) is 15.5. The zero-order valence-corrected chi connectivity index (χ0v) is 13.5. The van der Waals surface area contributed by atoms with Crippen molar-refractivity contribution in [2.45, 2.75) is 58.8 Å². The Morgan fingerprint density at radius 2 is 1.90 bits per heavy atom. The van der Waals surface area contributed by atoms with Crippen molar-refractivity contribution in [3.63, 3.8) is 0 Å². The van der Waals surface area contributed by atoms with Crippen molar-refractivity contribution in [1.29, 1.82) is 0 Å². The summed E-state index contributed by atoms with van der Waals surface area (Å²) < 4.78 is 1.02. The van der Waals surface area contributed by atoms with Gasteiger partial charge in [-0.2, -0.15) is 0 Å². The van der Waals surface area contributed by atoms with Crippen LogP contribution in [0.15, 0.2) is 12.1 Å². The van der Waals surface area contributed by atoms with E-state index in [-0.39, 0.29) is 0 Å². The van der Waals surface area contributed by atoms with Crippen LogP contribution in [-0.4, -0.2) is 19.6 Å². The van der Waals surface area contributed by atoms with Gasteiger partial charge in [-0.1, -0.05) is 19.8 Å². The molecule has 0 spiro atoms. The third kappa shape index (κ3) is 4.51. The topological polar surface area (TPSA) is 42.2 Å². The third-order valence-corrected chi connectivity index (χ3v) is 4.24. The molecule has 2 heterocycles. The van der Waals surface area contributed by atoms with Gasteiger partial charge in [0, 0.05) is 24.8 Å². The van der Waals surface area contributed by atoms with E-state index in [4.69, 9.17) is 0 Å². The number of nitrogens with one attached hydrogen (secondary N) is 1. The number of piperidine rings is 1. The van der Waals surface area contributed by atoms with Crippen molar-refractivity contribution in [3.05, 3.63) is 23.0 Å². The summed E-state index contributed by atoms with van der Waals surface area (Å²) in [6, 6.07) is 4.03. The van der Waals surface area contributed by atoms with Crippen molar-refractivity contribution in [1.82, 2.24) is 0 Å². The molecule has 1 aliphatic rings. The van der Waals surface area contributed by atoms with Gasteiger partial charge >= 0.3 is 0 Å². The Morgan fingerprint density at radius 3 is 2.62 bits per heavy atom. The summed E-state index contributed by atoms with van der Waals surface area (Å²) in [4.78, 5) is 2.40. The average Bonchev–Trinajstić information content (AvgIpc) is 2.51. The Kier molecular flexibility index (Phi) is 6.15. The Bertz CT molecular complexity index is 442. The van der Waals surface area contributed by atoms with Gasteiger partial charge in [0.05, 0.1) is 12.6 Å². The minimum atomic E-state index is 0.701. The quantitative estimate of drug-likeness (QED) is 0.474. The molecule has 4 nitrogen and oxygen atoms in total. The van der Waals surface area contributed by atoms with Gasteiger partial charge in [0.15, 0.2) is 0 Å². The second-order valence-corrected chi connectivity index (χ2v) is 6.07. The van der Waals surface area contributed by atoms with Crippen LogP contribution in [0.4, 0.5) is 11.5 Å². The molecule has 118 valence electrons. The van der Waals surface area contributed by atoms with Crippen molar-refractivity contribution < 1.29 is 4.73 Å². The number of nitrogens with zero attached hydrogens (tertiary/aromatic N) is 2. The zero-order chi connectivity index (χ0) is 15.1. The maximum absolute atomic E-state index is 12.2. The average molecular weight is 291 g/mol. The van der Waals surface area contributed by atoms with Crippen LogP contribution in [0.3, 0.4) is 0 Å². The molecule has 1 aromatic rings. The highest BCUT2D eigenvalue weighted by molar-refractivity contribution is 5.53. The van der Waals surface area contributed by atoms with Gasteiger partial charge in [-0.25, -0.2) is 4.73 Å². The van der Waals surface area contributed by atoms with Gasteiger partial charge in [-0.3, -0.25) is 5.32 Å². The first kappa shape index (κ1) is 15.9. The summed E-state index contributed by atoms with van der Waals surface area (Å²) in [6.07, 6.45) is 8.70. The molecule has 2 rings (SSSR count). The molecule has 0 amide bonds. The van der Waals surface area contributed by atoms with Crippen LogP contribution in [0, 0.1) is 12.1 Å². The number of hydrogen-bond donors (Lipinski definition) is 1. The lowest BCUT2D eigenvalue weighted by molar-refractivity contribution is -0.597. The number of pyridine rings is 1. The summed E-state index contributed by atoms with van der Waals surface area (Å²) >= 11 is 0. The fourth-order valence-corrected chi connectivity index (χ4v) is 2.93. The minimum absolute atomic E-state index is 0.701. The second-order valence-electron chi connectivity index (χ2n) is 6.07. The van der Waals surface area contributed by atoms with Crippen LogP contribution < -0.4 is 14.9 Å². The third-order valence-electron chi connectivity index (χ3n) is 4.24. The first-order valence-corrected chi connectivity index (χ1v) is 8.45. The molecule has 21 heavy (non-hydrogen) atoms. The first-order chi connectivity index (χ1) is 10.2. The molecule has 0 radical (unpaired) electrons. The normalized spacial score (nSPS) is 15.2. The van der Waals surface area contributed by atoms with Crippen molar-refractivity contribution in [3.8, 4) is 0 Å². The molecule has 0 saturated carbocycles. The lowest BCUT2D eigenvalue weighted by atomic mass is 10.1. The first-order valence-electron chi connectivity index (χ1n) is 8.45. The van der Waals surface area contributed by atoms with Gasteiger partial charge < -0.3 is 10.1 Å². The fourth-order valence-electron chi connectivity index (χ4n) is 2.93. The number of aryl methyl sites for hydroxylation is 1. The van der Waals surface area contributed by atoms with Gasteiger partial charge in [-0.15, -0.1) is 0 Å². The largest absolute Gasteiger partial charge is 0.710 e. The predicted octanol–water partition coefficient (Wildman–Crippen LogP) is 3.61. The van der Waals surface area contributed by atoms with Gasteiger partial charge in [-0.05, 0) is 39.0 Å². The Hall–Kier alpha value is -1.45. The van der Waals surface area contributed by atoms with E-state index in [0.717, 1.165) is 36.5 Å². The molecule has 1 fully saturated rings. The fraction of sp³-hybridized carbons (Fsp3) is 0.706. The molecule has 1 aliphatic heterocycles. The van der Waals surface area contributed by atoms with Crippen LogP contribution in [0.25, 0.3) is 0 Å². The van der Waals surface area contributed by atoms with E-state index in [9.17, 15) is 5.21 Å². The predicted molar refractivity (Wildman–Crippen MR) is 88.8 cm³/mol. The zero-order valence-electron chi connectivity index (χ0n) is 13.5. The van der Waals surface area contributed by atoms with E-state index in [1.54, 1.807) is 0 Å². The Morgan fingerprint density at radius 1 is 1.14 bits per heavy atom. The molecule has 0 unspecified atom stereocenters.